The van der Waals surface area contributed by atoms with Gasteiger partial charge in [0.15, 0.2) is 11.5 Å². The summed E-state index contributed by atoms with van der Waals surface area (Å²) in [5.41, 5.74) is 0.641. The van der Waals surface area contributed by atoms with Crippen molar-refractivity contribution >= 4 is 5.97 Å². The minimum Gasteiger partial charge on any atom is -0.504 e. The van der Waals surface area contributed by atoms with Crippen molar-refractivity contribution in [3.05, 3.63) is 23.8 Å². The molecule has 0 aliphatic rings. The summed E-state index contributed by atoms with van der Waals surface area (Å²) >= 11 is 0. The lowest BCUT2D eigenvalue weighted by Gasteiger charge is -2.06. The maximum Gasteiger partial charge on any atom is 0.310 e. The van der Waals surface area contributed by atoms with E-state index in [1.54, 1.807) is 6.07 Å². The predicted octanol–water partition coefficient (Wildman–Crippen LogP) is 7.05. The first-order valence-corrected chi connectivity index (χ1v) is 11.8. The van der Waals surface area contributed by atoms with E-state index in [0.717, 1.165) is 12.8 Å². The molecular formula is C25H42O4. The summed E-state index contributed by atoms with van der Waals surface area (Å²) in [6, 6.07) is 4.39. The molecule has 0 heterocycles. The number of benzene rings is 1. The van der Waals surface area contributed by atoms with Gasteiger partial charge in [-0.1, -0.05) is 103 Å². The Labute approximate surface area is 177 Å². The Balaban J connectivity index is 1.84. The average molecular weight is 407 g/mol. The predicted molar refractivity (Wildman–Crippen MR) is 119 cm³/mol. The molecule has 0 aliphatic heterocycles. The topological polar surface area (TPSA) is 66.8 Å². The van der Waals surface area contributed by atoms with Crippen molar-refractivity contribution in [2.75, 3.05) is 6.61 Å². The van der Waals surface area contributed by atoms with Gasteiger partial charge >= 0.3 is 5.97 Å². The van der Waals surface area contributed by atoms with E-state index in [0.29, 0.717) is 12.2 Å². The van der Waals surface area contributed by atoms with E-state index < -0.39 is 0 Å². The van der Waals surface area contributed by atoms with E-state index in [4.69, 9.17) is 4.74 Å². The molecule has 0 bridgehead atoms. The molecular weight excluding hydrogens is 364 g/mol. The van der Waals surface area contributed by atoms with E-state index in [9.17, 15) is 15.0 Å². The SMILES string of the molecule is CCCCCCCCCCCCCCCCCOC(=O)Cc1ccc(O)c(O)c1. The van der Waals surface area contributed by atoms with Crippen molar-refractivity contribution in [2.24, 2.45) is 0 Å². The number of rotatable bonds is 18. The lowest BCUT2D eigenvalue weighted by atomic mass is 10.0. The summed E-state index contributed by atoms with van der Waals surface area (Å²) in [4.78, 5) is 11.8. The molecule has 29 heavy (non-hydrogen) atoms. The van der Waals surface area contributed by atoms with Crippen LogP contribution in [0.5, 0.6) is 11.5 Å². The molecule has 4 nitrogen and oxygen atoms in total. The Morgan fingerprint density at radius 2 is 1.21 bits per heavy atom. The minimum atomic E-state index is -0.291. The second kappa shape index (κ2) is 17.2. The molecule has 4 heteroatoms. The Hall–Kier alpha value is -1.71. The Kier molecular flexibility index (Phi) is 15.0. The van der Waals surface area contributed by atoms with Crippen molar-refractivity contribution in [2.45, 2.75) is 110 Å². The van der Waals surface area contributed by atoms with Crippen LogP contribution in [0.1, 0.15) is 109 Å². The largest absolute Gasteiger partial charge is 0.504 e. The van der Waals surface area contributed by atoms with E-state index in [1.165, 1.54) is 95.6 Å². The highest BCUT2D eigenvalue weighted by Crippen LogP contribution is 2.25. The van der Waals surface area contributed by atoms with Gasteiger partial charge in [-0.05, 0) is 24.1 Å². The fourth-order valence-electron chi connectivity index (χ4n) is 3.56. The van der Waals surface area contributed by atoms with Gasteiger partial charge < -0.3 is 14.9 Å². The molecule has 1 aromatic rings. The van der Waals surface area contributed by atoms with Gasteiger partial charge in [-0.2, -0.15) is 0 Å². The maximum atomic E-state index is 11.8. The minimum absolute atomic E-state index is 0.118. The van der Waals surface area contributed by atoms with Gasteiger partial charge in [-0.3, -0.25) is 4.79 Å². The van der Waals surface area contributed by atoms with Crippen molar-refractivity contribution < 1.29 is 19.7 Å². The molecule has 0 atom stereocenters. The van der Waals surface area contributed by atoms with Crippen LogP contribution >= 0.6 is 0 Å². The standard InChI is InChI=1S/C25H42O4/c1-2-3-4-5-6-7-8-9-10-11-12-13-14-15-16-19-29-25(28)21-22-17-18-23(26)24(27)20-22/h17-18,20,26-27H,2-16,19,21H2,1H3. The number of carbonyl (C=O) groups excluding carboxylic acids is 1. The van der Waals surface area contributed by atoms with E-state index in [2.05, 4.69) is 6.92 Å². The molecule has 0 amide bonds. The molecule has 0 saturated heterocycles. The number of ether oxygens (including phenoxy) is 1. The number of carbonyl (C=O) groups is 1. The van der Waals surface area contributed by atoms with E-state index in [1.807, 2.05) is 0 Å². The van der Waals surface area contributed by atoms with Crippen LogP contribution in [0.2, 0.25) is 0 Å². The zero-order valence-corrected chi connectivity index (χ0v) is 18.5. The van der Waals surface area contributed by atoms with Crippen LogP contribution in [0.3, 0.4) is 0 Å². The van der Waals surface area contributed by atoms with Crippen molar-refractivity contribution in [1.29, 1.82) is 0 Å². The monoisotopic (exact) mass is 406 g/mol. The zero-order chi connectivity index (χ0) is 21.2. The Morgan fingerprint density at radius 3 is 1.69 bits per heavy atom. The third-order valence-electron chi connectivity index (χ3n) is 5.40. The number of unbranched alkanes of at least 4 members (excludes halogenated alkanes) is 14. The van der Waals surface area contributed by atoms with Crippen molar-refractivity contribution in [3.8, 4) is 11.5 Å². The summed E-state index contributed by atoms with van der Waals surface area (Å²) in [6.45, 7) is 2.73. The fourth-order valence-corrected chi connectivity index (χ4v) is 3.56. The Bertz CT molecular complexity index is 542. The summed E-state index contributed by atoms with van der Waals surface area (Å²) in [6.07, 6.45) is 19.8. The lowest BCUT2D eigenvalue weighted by molar-refractivity contribution is -0.142. The van der Waals surface area contributed by atoms with Crippen LogP contribution < -0.4 is 0 Å². The third kappa shape index (κ3) is 14.0. The van der Waals surface area contributed by atoms with Crippen LogP contribution in [-0.4, -0.2) is 22.8 Å². The molecule has 1 rings (SSSR count). The molecule has 1 aromatic carbocycles. The fraction of sp³-hybridized carbons (Fsp3) is 0.720. The van der Waals surface area contributed by atoms with Gasteiger partial charge in [0.25, 0.3) is 0 Å². The molecule has 2 N–H and O–H groups in total. The first kappa shape index (κ1) is 25.3. The van der Waals surface area contributed by atoms with Gasteiger partial charge in [-0.25, -0.2) is 0 Å². The van der Waals surface area contributed by atoms with Crippen LogP contribution in [-0.2, 0) is 16.0 Å². The first-order chi connectivity index (χ1) is 14.1. The van der Waals surface area contributed by atoms with Crippen LogP contribution in [0.4, 0.5) is 0 Å². The molecule has 166 valence electrons. The van der Waals surface area contributed by atoms with Gasteiger partial charge in [0.1, 0.15) is 0 Å². The van der Waals surface area contributed by atoms with Gasteiger partial charge in [-0.15, -0.1) is 0 Å². The number of hydrogen-bond donors (Lipinski definition) is 2. The number of esters is 1. The number of aromatic hydroxyl groups is 2. The van der Waals surface area contributed by atoms with E-state index in [-0.39, 0.29) is 23.9 Å². The normalized spacial score (nSPS) is 10.9. The number of phenols is 2. The molecule has 0 spiro atoms. The molecule has 0 saturated carbocycles. The quantitative estimate of drug-likeness (QED) is 0.156. The van der Waals surface area contributed by atoms with Gasteiger partial charge in [0, 0.05) is 0 Å². The number of phenolic OH excluding ortho intramolecular Hbond substituents is 2. The summed E-state index contributed by atoms with van der Waals surface area (Å²) < 4.78 is 5.25. The maximum absolute atomic E-state index is 11.8. The van der Waals surface area contributed by atoms with Crippen molar-refractivity contribution in [3.63, 3.8) is 0 Å². The number of hydrogen-bond acceptors (Lipinski definition) is 4. The zero-order valence-electron chi connectivity index (χ0n) is 18.5. The van der Waals surface area contributed by atoms with Crippen LogP contribution in [0.15, 0.2) is 18.2 Å². The summed E-state index contributed by atoms with van der Waals surface area (Å²) in [5, 5.41) is 18.7. The molecule has 0 fully saturated rings. The molecule has 0 unspecified atom stereocenters. The van der Waals surface area contributed by atoms with Gasteiger partial charge in [0.05, 0.1) is 13.0 Å². The highest BCUT2D eigenvalue weighted by atomic mass is 16.5. The van der Waals surface area contributed by atoms with Crippen LogP contribution in [0, 0.1) is 0 Å². The summed E-state index contributed by atoms with van der Waals surface area (Å²) in [7, 11) is 0. The smallest absolute Gasteiger partial charge is 0.310 e. The Morgan fingerprint density at radius 1 is 0.724 bits per heavy atom. The average Bonchev–Trinajstić information content (AvgIpc) is 2.70. The lowest BCUT2D eigenvalue weighted by Crippen LogP contribution is -2.09. The highest BCUT2D eigenvalue weighted by molar-refractivity contribution is 5.72. The second-order valence-electron chi connectivity index (χ2n) is 8.17. The third-order valence-corrected chi connectivity index (χ3v) is 5.40. The first-order valence-electron chi connectivity index (χ1n) is 11.8. The second-order valence-corrected chi connectivity index (χ2v) is 8.17. The van der Waals surface area contributed by atoms with E-state index >= 15 is 0 Å². The molecule has 0 radical (unpaired) electrons. The molecule has 0 aliphatic carbocycles. The van der Waals surface area contributed by atoms with Gasteiger partial charge in [0.2, 0.25) is 0 Å². The molecule has 0 aromatic heterocycles. The summed E-state index contributed by atoms with van der Waals surface area (Å²) in [5.74, 6) is -0.682. The highest BCUT2D eigenvalue weighted by Gasteiger charge is 2.07. The van der Waals surface area contributed by atoms with Crippen LogP contribution in [0.25, 0.3) is 0 Å². The van der Waals surface area contributed by atoms with Crippen molar-refractivity contribution in [1.82, 2.24) is 0 Å².